The Hall–Kier alpha value is -2.32. The maximum atomic E-state index is 5.48. The normalized spacial score (nSPS) is 14.9. The minimum atomic E-state index is 0.335. The molecular formula is C17H19N5O2S. The van der Waals surface area contributed by atoms with Gasteiger partial charge >= 0.3 is 6.01 Å². The molecule has 0 spiro atoms. The largest absolute Gasteiger partial charge is 0.467 e. The average molecular weight is 357 g/mol. The van der Waals surface area contributed by atoms with Gasteiger partial charge in [-0.25, -0.2) is 19.9 Å². The van der Waals surface area contributed by atoms with Crippen molar-refractivity contribution in [2.45, 2.75) is 13.3 Å². The highest BCUT2D eigenvalue weighted by atomic mass is 32.1. The average Bonchev–Trinajstić information content (AvgIpc) is 3.11. The lowest BCUT2D eigenvalue weighted by Crippen LogP contribution is -2.36. The van der Waals surface area contributed by atoms with E-state index in [9.17, 15) is 0 Å². The van der Waals surface area contributed by atoms with Crippen molar-refractivity contribution in [1.82, 2.24) is 19.9 Å². The van der Waals surface area contributed by atoms with E-state index in [4.69, 9.17) is 19.4 Å². The molecule has 1 saturated heterocycles. The minimum absolute atomic E-state index is 0.335. The molecule has 8 heteroatoms. The summed E-state index contributed by atoms with van der Waals surface area (Å²) in [6.07, 6.45) is 4.39. The van der Waals surface area contributed by atoms with Gasteiger partial charge in [0, 0.05) is 30.4 Å². The Morgan fingerprint density at radius 1 is 1.20 bits per heavy atom. The number of hydrogen-bond donors (Lipinski definition) is 0. The summed E-state index contributed by atoms with van der Waals surface area (Å²) < 4.78 is 11.6. The predicted molar refractivity (Wildman–Crippen MR) is 97.4 cm³/mol. The molecule has 130 valence electrons. The Labute approximate surface area is 149 Å². The van der Waals surface area contributed by atoms with Gasteiger partial charge in [0.15, 0.2) is 11.6 Å². The van der Waals surface area contributed by atoms with Crippen molar-refractivity contribution in [2.24, 2.45) is 0 Å². The topological polar surface area (TPSA) is 73.3 Å². The summed E-state index contributed by atoms with van der Waals surface area (Å²) in [6, 6.07) is 2.49. The maximum absolute atomic E-state index is 5.48. The first-order chi connectivity index (χ1) is 12.3. The van der Waals surface area contributed by atoms with Crippen molar-refractivity contribution in [3.63, 3.8) is 0 Å². The van der Waals surface area contributed by atoms with Crippen LogP contribution < -0.4 is 9.64 Å². The first kappa shape index (κ1) is 16.2. The molecular weight excluding hydrogens is 338 g/mol. The van der Waals surface area contributed by atoms with Crippen LogP contribution in [-0.4, -0.2) is 53.3 Å². The fourth-order valence-electron chi connectivity index (χ4n) is 2.79. The molecule has 1 aliphatic rings. The van der Waals surface area contributed by atoms with Crippen molar-refractivity contribution < 1.29 is 9.47 Å². The molecule has 1 fully saturated rings. The second-order valence-corrected chi connectivity index (χ2v) is 6.85. The summed E-state index contributed by atoms with van der Waals surface area (Å²) in [6.45, 7) is 5.27. The van der Waals surface area contributed by atoms with Crippen LogP contribution in [0.15, 0.2) is 18.5 Å². The van der Waals surface area contributed by atoms with Crippen molar-refractivity contribution in [3.05, 3.63) is 23.3 Å². The van der Waals surface area contributed by atoms with Crippen molar-refractivity contribution in [1.29, 1.82) is 0 Å². The lowest BCUT2D eigenvalue weighted by atomic mass is 10.3. The number of aryl methyl sites for hydroxylation is 1. The third kappa shape index (κ3) is 3.14. The monoisotopic (exact) mass is 357 g/mol. The van der Waals surface area contributed by atoms with Crippen LogP contribution in [0.2, 0.25) is 0 Å². The van der Waals surface area contributed by atoms with Gasteiger partial charge in [-0.05, 0) is 12.5 Å². The van der Waals surface area contributed by atoms with E-state index in [1.807, 2.05) is 0 Å². The predicted octanol–water partition coefficient (Wildman–Crippen LogP) is 2.56. The van der Waals surface area contributed by atoms with E-state index >= 15 is 0 Å². The number of hydrogen-bond acceptors (Lipinski definition) is 8. The van der Waals surface area contributed by atoms with Gasteiger partial charge in [-0.1, -0.05) is 6.92 Å². The fourth-order valence-corrected chi connectivity index (χ4v) is 3.85. The summed E-state index contributed by atoms with van der Waals surface area (Å²) in [5.41, 5.74) is 1.76. The number of thiophene rings is 1. The molecule has 0 radical (unpaired) electrons. The standard InChI is InChI=1S/C17H19N5O2S/c1-3-12-8-13-14(25-12)16(22-4-6-24-7-5-22)21-15(20-13)11-9-18-17(23-2)19-10-11/h8-10H,3-7H2,1-2H3. The van der Waals surface area contributed by atoms with Gasteiger partial charge in [0.2, 0.25) is 0 Å². The van der Waals surface area contributed by atoms with E-state index < -0.39 is 0 Å². The van der Waals surface area contributed by atoms with Gasteiger partial charge in [0.05, 0.1) is 36.1 Å². The number of methoxy groups -OCH3 is 1. The van der Waals surface area contributed by atoms with E-state index in [0.717, 1.165) is 54.3 Å². The molecule has 4 rings (SSSR count). The maximum Gasteiger partial charge on any atom is 0.316 e. The van der Waals surface area contributed by atoms with Crippen LogP contribution in [0.25, 0.3) is 21.6 Å². The Balaban J connectivity index is 1.83. The molecule has 4 heterocycles. The van der Waals surface area contributed by atoms with Crippen LogP contribution in [0.3, 0.4) is 0 Å². The molecule has 0 N–H and O–H groups in total. The molecule has 1 aliphatic heterocycles. The van der Waals surface area contributed by atoms with Gasteiger partial charge in [-0.15, -0.1) is 11.3 Å². The molecule has 0 saturated carbocycles. The van der Waals surface area contributed by atoms with Crippen LogP contribution in [0, 0.1) is 0 Å². The summed E-state index contributed by atoms with van der Waals surface area (Å²) >= 11 is 1.77. The third-order valence-electron chi connectivity index (χ3n) is 4.13. The van der Waals surface area contributed by atoms with Gasteiger partial charge in [-0.2, -0.15) is 0 Å². The Bertz CT molecular complexity index is 875. The third-order valence-corrected chi connectivity index (χ3v) is 5.40. The summed E-state index contributed by atoms with van der Waals surface area (Å²) in [4.78, 5) is 21.5. The highest BCUT2D eigenvalue weighted by Crippen LogP contribution is 2.34. The lowest BCUT2D eigenvalue weighted by molar-refractivity contribution is 0.122. The molecule has 0 aromatic carbocycles. The van der Waals surface area contributed by atoms with Gasteiger partial charge in [-0.3, -0.25) is 0 Å². The van der Waals surface area contributed by atoms with Crippen molar-refractivity contribution in [3.8, 4) is 17.4 Å². The van der Waals surface area contributed by atoms with E-state index in [1.54, 1.807) is 30.8 Å². The second-order valence-electron chi connectivity index (χ2n) is 5.71. The van der Waals surface area contributed by atoms with Crippen LogP contribution >= 0.6 is 11.3 Å². The number of rotatable bonds is 4. The van der Waals surface area contributed by atoms with Crippen LogP contribution in [-0.2, 0) is 11.2 Å². The number of fused-ring (bicyclic) bond motifs is 1. The highest BCUT2D eigenvalue weighted by molar-refractivity contribution is 7.19. The smallest absolute Gasteiger partial charge is 0.316 e. The molecule has 3 aromatic heterocycles. The minimum Gasteiger partial charge on any atom is -0.467 e. The molecule has 0 unspecified atom stereocenters. The second kappa shape index (κ2) is 6.89. The van der Waals surface area contributed by atoms with E-state index in [-0.39, 0.29) is 0 Å². The first-order valence-corrected chi connectivity index (χ1v) is 9.09. The molecule has 0 bridgehead atoms. The van der Waals surface area contributed by atoms with Gasteiger partial charge in [0.25, 0.3) is 0 Å². The zero-order chi connectivity index (χ0) is 17.2. The van der Waals surface area contributed by atoms with Gasteiger partial charge < -0.3 is 14.4 Å². The number of nitrogens with zero attached hydrogens (tertiary/aromatic N) is 5. The van der Waals surface area contributed by atoms with Crippen molar-refractivity contribution in [2.75, 3.05) is 38.3 Å². The van der Waals surface area contributed by atoms with Crippen molar-refractivity contribution >= 4 is 27.4 Å². The molecule has 0 aliphatic carbocycles. The molecule has 3 aromatic rings. The van der Waals surface area contributed by atoms with E-state index in [2.05, 4.69) is 27.9 Å². The van der Waals surface area contributed by atoms with Crippen LogP contribution in [0.5, 0.6) is 6.01 Å². The van der Waals surface area contributed by atoms with Crippen LogP contribution in [0.1, 0.15) is 11.8 Å². The number of aromatic nitrogens is 4. The molecule has 25 heavy (non-hydrogen) atoms. The number of ether oxygens (including phenoxy) is 2. The molecule has 0 atom stereocenters. The Kier molecular flexibility index (Phi) is 4.46. The summed E-state index contributed by atoms with van der Waals surface area (Å²) in [7, 11) is 1.55. The van der Waals surface area contributed by atoms with E-state index in [0.29, 0.717) is 11.8 Å². The highest BCUT2D eigenvalue weighted by Gasteiger charge is 2.20. The van der Waals surface area contributed by atoms with Crippen LogP contribution in [0.4, 0.5) is 5.82 Å². The summed E-state index contributed by atoms with van der Waals surface area (Å²) in [5.74, 6) is 1.61. The number of morpholine rings is 1. The van der Waals surface area contributed by atoms with Gasteiger partial charge in [0.1, 0.15) is 0 Å². The quantitative estimate of drug-likeness (QED) is 0.710. The Morgan fingerprint density at radius 3 is 2.64 bits per heavy atom. The molecule has 7 nitrogen and oxygen atoms in total. The Morgan fingerprint density at radius 2 is 1.96 bits per heavy atom. The lowest BCUT2D eigenvalue weighted by Gasteiger charge is -2.28. The zero-order valence-electron chi connectivity index (χ0n) is 14.2. The zero-order valence-corrected chi connectivity index (χ0v) is 15.0. The SMILES string of the molecule is CCc1cc2nc(-c3cnc(OC)nc3)nc(N3CCOCC3)c2s1. The fraction of sp³-hybridized carbons (Fsp3) is 0.412. The van der Waals surface area contributed by atoms with E-state index in [1.165, 1.54) is 4.88 Å². The first-order valence-electron chi connectivity index (χ1n) is 8.28. The number of anilines is 1. The summed E-state index contributed by atoms with van der Waals surface area (Å²) in [5, 5.41) is 0. The molecule has 0 amide bonds.